The average molecular weight is 407 g/mol. The van der Waals surface area contributed by atoms with Crippen LogP contribution in [0, 0.1) is 18.3 Å². The smallest absolute Gasteiger partial charge is 0.281 e. The lowest BCUT2D eigenvalue weighted by molar-refractivity contribution is 0.397. The molecule has 0 aliphatic carbocycles. The molecule has 27 heavy (non-hydrogen) atoms. The number of hydrogen-bond donors (Lipinski definition) is 1. The zero-order chi connectivity index (χ0) is 20.0. The van der Waals surface area contributed by atoms with Crippen molar-refractivity contribution in [2.75, 3.05) is 0 Å². The van der Waals surface area contributed by atoms with Crippen molar-refractivity contribution in [1.29, 1.82) is 5.26 Å². The first-order chi connectivity index (χ1) is 12.9. The Bertz CT molecular complexity index is 941. The van der Waals surface area contributed by atoms with Gasteiger partial charge in [0, 0.05) is 12.1 Å². The van der Waals surface area contributed by atoms with E-state index < -0.39 is 5.56 Å². The van der Waals surface area contributed by atoms with Gasteiger partial charge in [0.15, 0.2) is 5.69 Å². The number of nitrogens with zero attached hydrogens (tertiary/aromatic N) is 4. The number of unbranched alkanes of at least 4 members (excludes halogenated alkanes) is 3. The van der Waals surface area contributed by atoms with Gasteiger partial charge in [-0.2, -0.15) is 5.26 Å². The van der Waals surface area contributed by atoms with Gasteiger partial charge in [-0.25, -0.2) is 0 Å². The summed E-state index contributed by atoms with van der Waals surface area (Å²) in [5.74, 6) is -0.341. The lowest BCUT2D eigenvalue weighted by atomic mass is 10.1. The standard InChI is InChI=1S/C19H20Cl2N4O2/c1-3-4-5-6-10-25-18(26)13(11-22)12(2)16(19(25)27)23-24-17-14(20)8-7-9-15(17)21/h7-9,26H,3-6,10H2,1-2H3. The number of azo groups is 1. The summed E-state index contributed by atoms with van der Waals surface area (Å²) in [5, 5.41) is 28.3. The van der Waals surface area contributed by atoms with Crippen molar-refractivity contribution in [2.24, 2.45) is 10.2 Å². The van der Waals surface area contributed by atoms with Crippen molar-refractivity contribution in [2.45, 2.75) is 46.1 Å². The molecule has 0 fully saturated rings. The normalized spacial score (nSPS) is 11.1. The van der Waals surface area contributed by atoms with E-state index in [9.17, 15) is 15.2 Å². The zero-order valence-electron chi connectivity index (χ0n) is 15.2. The van der Waals surface area contributed by atoms with Gasteiger partial charge in [-0.05, 0) is 25.5 Å². The summed E-state index contributed by atoms with van der Waals surface area (Å²) >= 11 is 12.1. The molecule has 0 unspecified atom stereocenters. The van der Waals surface area contributed by atoms with E-state index in [1.165, 1.54) is 4.57 Å². The highest BCUT2D eigenvalue weighted by atomic mass is 35.5. The number of nitriles is 1. The van der Waals surface area contributed by atoms with Gasteiger partial charge in [-0.1, -0.05) is 55.5 Å². The SMILES string of the molecule is CCCCCCn1c(O)c(C#N)c(C)c(N=Nc2c(Cl)cccc2Cl)c1=O. The van der Waals surface area contributed by atoms with Crippen molar-refractivity contribution < 1.29 is 5.11 Å². The van der Waals surface area contributed by atoms with Crippen LogP contribution in [0.25, 0.3) is 0 Å². The van der Waals surface area contributed by atoms with E-state index in [0.717, 1.165) is 19.3 Å². The topological polar surface area (TPSA) is 90.7 Å². The third kappa shape index (κ3) is 4.68. The molecule has 0 aliphatic heterocycles. The Morgan fingerprint density at radius 1 is 1.15 bits per heavy atom. The predicted octanol–water partition coefficient (Wildman–Crippen LogP) is 6.04. The van der Waals surface area contributed by atoms with Crippen molar-refractivity contribution >= 4 is 34.6 Å². The molecule has 1 N–H and O–H groups in total. The maximum Gasteiger partial charge on any atom is 0.281 e. The Labute approximate surface area is 167 Å². The average Bonchev–Trinajstić information content (AvgIpc) is 2.63. The maximum absolute atomic E-state index is 12.8. The highest BCUT2D eigenvalue weighted by molar-refractivity contribution is 6.38. The number of aromatic nitrogens is 1. The highest BCUT2D eigenvalue weighted by Crippen LogP contribution is 2.34. The molecule has 142 valence electrons. The second kappa shape index (κ2) is 9.54. The van der Waals surface area contributed by atoms with Gasteiger partial charge in [-0.15, -0.1) is 10.2 Å². The summed E-state index contributed by atoms with van der Waals surface area (Å²) in [6, 6.07) is 6.82. The first kappa shape index (κ1) is 20.9. The van der Waals surface area contributed by atoms with Crippen LogP contribution in [0.4, 0.5) is 11.4 Å². The predicted molar refractivity (Wildman–Crippen MR) is 107 cm³/mol. The largest absolute Gasteiger partial charge is 0.493 e. The van der Waals surface area contributed by atoms with Gasteiger partial charge in [0.1, 0.15) is 17.3 Å². The van der Waals surface area contributed by atoms with Crippen LogP contribution in [0.5, 0.6) is 5.88 Å². The lowest BCUT2D eigenvalue weighted by Gasteiger charge is -2.13. The second-order valence-electron chi connectivity index (χ2n) is 6.07. The van der Waals surface area contributed by atoms with Gasteiger partial charge in [0.25, 0.3) is 5.56 Å². The number of pyridine rings is 1. The highest BCUT2D eigenvalue weighted by Gasteiger charge is 2.19. The molecule has 0 radical (unpaired) electrons. The van der Waals surface area contributed by atoms with Crippen LogP contribution in [0.1, 0.15) is 43.7 Å². The Kier molecular flexibility index (Phi) is 7.40. The fraction of sp³-hybridized carbons (Fsp3) is 0.368. The molecule has 2 rings (SSSR count). The molecule has 1 heterocycles. The fourth-order valence-electron chi connectivity index (χ4n) is 2.65. The summed E-state index contributed by atoms with van der Waals surface area (Å²) in [6.45, 7) is 3.93. The first-order valence-electron chi connectivity index (χ1n) is 8.64. The molecule has 1 aromatic heterocycles. The first-order valence-corrected chi connectivity index (χ1v) is 9.40. The van der Waals surface area contributed by atoms with E-state index in [1.54, 1.807) is 25.1 Å². The summed E-state index contributed by atoms with van der Waals surface area (Å²) in [5.41, 5.74) is -0.0232. The Hall–Kier alpha value is -2.36. The van der Waals surface area contributed by atoms with E-state index in [-0.39, 0.29) is 28.4 Å². The lowest BCUT2D eigenvalue weighted by Crippen LogP contribution is -2.22. The number of benzene rings is 1. The van der Waals surface area contributed by atoms with Crippen molar-refractivity contribution in [3.63, 3.8) is 0 Å². The van der Waals surface area contributed by atoms with Crippen LogP contribution in [0.2, 0.25) is 10.0 Å². The molecule has 0 bridgehead atoms. The van der Waals surface area contributed by atoms with Crippen molar-refractivity contribution in [1.82, 2.24) is 4.57 Å². The molecule has 6 nitrogen and oxygen atoms in total. The minimum atomic E-state index is -0.507. The third-order valence-corrected chi connectivity index (χ3v) is 4.80. The fourth-order valence-corrected chi connectivity index (χ4v) is 3.12. The van der Waals surface area contributed by atoms with Crippen molar-refractivity contribution in [3.8, 4) is 11.9 Å². The second-order valence-corrected chi connectivity index (χ2v) is 6.89. The van der Waals surface area contributed by atoms with E-state index in [0.29, 0.717) is 23.0 Å². The molecule has 0 saturated carbocycles. The molecule has 2 aromatic rings. The molecule has 0 amide bonds. The zero-order valence-corrected chi connectivity index (χ0v) is 16.7. The minimum Gasteiger partial charge on any atom is -0.493 e. The number of aromatic hydroxyl groups is 1. The number of hydrogen-bond acceptors (Lipinski definition) is 5. The van der Waals surface area contributed by atoms with Gasteiger partial charge in [-0.3, -0.25) is 9.36 Å². The molecule has 0 aliphatic rings. The van der Waals surface area contributed by atoms with Crippen LogP contribution in [0.3, 0.4) is 0 Å². The Morgan fingerprint density at radius 2 is 1.78 bits per heavy atom. The van der Waals surface area contributed by atoms with Crippen molar-refractivity contribution in [3.05, 3.63) is 49.7 Å². The summed E-state index contributed by atoms with van der Waals surface area (Å²) in [4.78, 5) is 12.8. The van der Waals surface area contributed by atoms with Crippen LogP contribution in [-0.2, 0) is 6.54 Å². The molecule has 1 aromatic carbocycles. The molecular formula is C19H20Cl2N4O2. The third-order valence-electron chi connectivity index (χ3n) is 4.19. The molecule has 0 atom stereocenters. The minimum absolute atomic E-state index is 0.00398. The molecule has 0 saturated heterocycles. The Balaban J connectivity index is 2.51. The molecule has 8 heteroatoms. The van der Waals surface area contributed by atoms with E-state index in [2.05, 4.69) is 17.2 Å². The van der Waals surface area contributed by atoms with Gasteiger partial charge >= 0.3 is 0 Å². The van der Waals surface area contributed by atoms with E-state index >= 15 is 0 Å². The van der Waals surface area contributed by atoms with Crippen LogP contribution < -0.4 is 5.56 Å². The summed E-state index contributed by atoms with van der Waals surface area (Å²) < 4.78 is 1.17. The van der Waals surface area contributed by atoms with Crippen LogP contribution in [-0.4, -0.2) is 9.67 Å². The quantitative estimate of drug-likeness (QED) is 0.448. The van der Waals surface area contributed by atoms with Crippen LogP contribution >= 0.6 is 23.2 Å². The van der Waals surface area contributed by atoms with E-state index in [1.807, 2.05) is 6.07 Å². The number of halogens is 2. The van der Waals surface area contributed by atoms with Gasteiger partial charge in [0.05, 0.1) is 10.0 Å². The van der Waals surface area contributed by atoms with Crippen LogP contribution in [0.15, 0.2) is 33.2 Å². The van der Waals surface area contributed by atoms with Gasteiger partial charge in [0.2, 0.25) is 5.88 Å². The molecule has 0 spiro atoms. The maximum atomic E-state index is 12.8. The Morgan fingerprint density at radius 3 is 2.37 bits per heavy atom. The number of rotatable bonds is 7. The van der Waals surface area contributed by atoms with E-state index in [4.69, 9.17) is 23.2 Å². The summed E-state index contributed by atoms with van der Waals surface area (Å²) in [7, 11) is 0. The molecular weight excluding hydrogens is 387 g/mol. The monoisotopic (exact) mass is 406 g/mol. The van der Waals surface area contributed by atoms with Gasteiger partial charge < -0.3 is 5.11 Å². The summed E-state index contributed by atoms with van der Waals surface area (Å²) in [6.07, 6.45) is 3.72.